The van der Waals surface area contributed by atoms with Gasteiger partial charge in [0.25, 0.3) is 5.56 Å². The molecule has 1 fully saturated rings. The first-order valence-electron chi connectivity index (χ1n) is 9.85. The maximum absolute atomic E-state index is 12.5. The Balaban J connectivity index is 1.42. The van der Waals surface area contributed by atoms with Gasteiger partial charge in [0.2, 0.25) is 0 Å². The van der Waals surface area contributed by atoms with Gasteiger partial charge in [-0.25, -0.2) is 14.3 Å². The van der Waals surface area contributed by atoms with Crippen LogP contribution in [0.25, 0.3) is 17.1 Å². The molecule has 30 heavy (non-hydrogen) atoms. The molecule has 1 aliphatic rings. The molecule has 4 aromatic rings. The molecule has 0 aromatic carbocycles. The van der Waals surface area contributed by atoms with Crippen molar-refractivity contribution >= 4 is 5.82 Å². The smallest absolute Gasteiger partial charge is 0.266 e. The SMILES string of the molecule is O=c1ccc(-c2cccnc2)nn1CC1CCCN1c1cncc(-n2cccn2)n1. The highest BCUT2D eigenvalue weighted by Crippen LogP contribution is 2.25. The summed E-state index contributed by atoms with van der Waals surface area (Å²) < 4.78 is 3.22. The second kappa shape index (κ2) is 7.86. The molecular formula is C21H20N8O. The van der Waals surface area contributed by atoms with Crippen LogP contribution in [0.1, 0.15) is 12.8 Å². The van der Waals surface area contributed by atoms with E-state index >= 15 is 0 Å². The van der Waals surface area contributed by atoms with Gasteiger partial charge in [0.15, 0.2) is 5.82 Å². The summed E-state index contributed by atoms with van der Waals surface area (Å²) in [6, 6.07) is 9.05. The lowest BCUT2D eigenvalue weighted by molar-refractivity contribution is 0.488. The summed E-state index contributed by atoms with van der Waals surface area (Å²) in [6.45, 7) is 1.35. The minimum absolute atomic E-state index is 0.113. The molecule has 4 aromatic heterocycles. The minimum atomic E-state index is -0.120. The number of aromatic nitrogens is 7. The monoisotopic (exact) mass is 400 g/mol. The lowest BCUT2D eigenvalue weighted by Gasteiger charge is -2.26. The Hall–Kier alpha value is -3.88. The molecule has 0 N–H and O–H groups in total. The lowest BCUT2D eigenvalue weighted by Crippen LogP contribution is -2.37. The van der Waals surface area contributed by atoms with Gasteiger partial charge in [-0.3, -0.25) is 14.8 Å². The Morgan fingerprint density at radius 2 is 1.93 bits per heavy atom. The summed E-state index contributed by atoms with van der Waals surface area (Å²) >= 11 is 0. The third-order valence-electron chi connectivity index (χ3n) is 5.23. The molecule has 0 bridgehead atoms. The molecule has 1 saturated heterocycles. The largest absolute Gasteiger partial charge is 0.350 e. The predicted molar refractivity (Wildman–Crippen MR) is 111 cm³/mol. The molecule has 0 saturated carbocycles. The van der Waals surface area contributed by atoms with E-state index in [4.69, 9.17) is 4.98 Å². The highest BCUT2D eigenvalue weighted by Gasteiger charge is 2.27. The molecular weight excluding hydrogens is 380 g/mol. The van der Waals surface area contributed by atoms with Crippen LogP contribution in [0.2, 0.25) is 0 Å². The molecule has 0 amide bonds. The zero-order chi connectivity index (χ0) is 20.3. The van der Waals surface area contributed by atoms with Crippen molar-refractivity contribution in [3.8, 4) is 17.1 Å². The summed E-state index contributed by atoms with van der Waals surface area (Å²) in [5, 5.41) is 8.81. The van der Waals surface area contributed by atoms with Gasteiger partial charge in [0, 0.05) is 43.0 Å². The normalized spacial score (nSPS) is 16.1. The summed E-state index contributed by atoms with van der Waals surface area (Å²) in [4.78, 5) is 27.9. The van der Waals surface area contributed by atoms with Crippen molar-refractivity contribution in [3.63, 3.8) is 0 Å². The number of nitrogens with zero attached hydrogens (tertiary/aromatic N) is 8. The van der Waals surface area contributed by atoms with E-state index in [1.165, 1.54) is 4.68 Å². The van der Waals surface area contributed by atoms with Crippen molar-refractivity contribution in [2.45, 2.75) is 25.4 Å². The van der Waals surface area contributed by atoms with Crippen LogP contribution in [0.4, 0.5) is 5.82 Å². The van der Waals surface area contributed by atoms with Crippen molar-refractivity contribution in [3.05, 3.63) is 77.9 Å². The fourth-order valence-electron chi connectivity index (χ4n) is 3.77. The number of anilines is 1. The average Bonchev–Trinajstić information content (AvgIpc) is 3.48. The molecule has 0 spiro atoms. The molecule has 9 heteroatoms. The van der Waals surface area contributed by atoms with Gasteiger partial charge >= 0.3 is 0 Å². The van der Waals surface area contributed by atoms with E-state index in [1.807, 2.05) is 24.4 Å². The summed E-state index contributed by atoms with van der Waals surface area (Å²) in [5.41, 5.74) is 1.49. The van der Waals surface area contributed by atoms with Crippen LogP contribution in [0.5, 0.6) is 0 Å². The van der Waals surface area contributed by atoms with Crippen LogP contribution in [0.15, 0.2) is 72.3 Å². The standard InChI is InChI=1S/C21H20N8O/c30-21-7-6-18(16-4-1-8-22-12-16)26-29(21)15-17-5-2-10-27(17)19-13-23-14-20(25-19)28-11-3-9-24-28/h1,3-4,6-9,11-14,17H,2,5,10,15H2. The summed E-state index contributed by atoms with van der Waals surface area (Å²) in [7, 11) is 0. The zero-order valence-electron chi connectivity index (χ0n) is 16.2. The van der Waals surface area contributed by atoms with E-state index in [2.05, 4.69) is 25.1 Å². The lowest BCUT2D eigenvalue weighted by atomic mass is 10.2. The van der Waals surface area contributed by atoms with E-state index < -0.39 is 0 Å². The van der Waals surface area contributed by atoms with Crippen molar-refractivity contribution in [1.29, 1.82) is 0 Å². The fraction of sp³-hybridized carbons (Fsp3) is 0.238. The van der Waals surface area contributed by atoms with E-state index in [9.17, 15) is 4.79 Å². The molecule has 0 aliphatic carbocycles. The maximum Gasteiger partial charge on any atom is 0.266 e. The van der Waals surface area contributed by atoms with Gasteiger partial charge in [0.05, 0.1) is 30.7 Å². The Bertz CT molecular complexity index is 1190. The first-order valence-corrected chi connectivity index (χ1v) is 9.85. The molecule has 5 heterocycles. The van der Waals surface area contributed by atoms with Crippen LogP contribution < -0.4 is 10.5 Å². The highest BCUT2D eigenvalue weighted by atomic mass is 16.1. The van der Waals surface area contributed by atoms with Gasteiger partial charge in [-0.05, 0) is 37.1 Å². The number of pyridine rings is 1. The van der Waals surface area contributed by atoms with E-state index in [-0.39, 0.29) is 11.6 Å². The van der Waals surface area contributed by atoms with Gasteiger partial charge in [-0.2, -0.15) is 10.2 Å². The number of hydrogen-bond donors (Lipinski definition) is 0. The minimum Gasteiger partial charge on any atom is -0.350 e. The van der Waals surface area contributed by atoms with E-state index in [0.717, 1.165) is 36.5 Å². The topological polar surface area (TPSA) is 94.6 Å². The molecule has 0 radical (unpaired) electrons. The van der Waals surface area contributed by atoms with E-state index in [1.54, 1.807) is 47.8 Å². The van der Waals surface area contributed by atoms with Gasteiger partial charge in [0.1, 0.15) is 5.82 Å². The Morgan fingerprint density at radius 1 is 1.00 bits per heavy atom. The Labute approximate surface area is 172 Å². The average molecular weight is 400 g/mol. The second-order valence-electron chi connectivity index (χ2n) is 7.16. The van der Waals surface area contributed by atoms with Crippen molar-refractivity contribution in [2.24, 2.45) is 0 Å². The van der Waals surface area contributed by atoms with Gasteiger partial charge < -0.3 is 4.90 Å². The number of hydrogen-bond acceptors (Lipinski definition) is 7. The van der Waals surface area contributed by atoms with Gasteiger partial charge in [-0.15, -0.1) is 0 Å². The zero-order valence-corrected chi connectivity index (χ0v) is 16.2. The van der Waals surface area contributed by atoms with Crippen molar-refractivity contribution < 1.29 is 0 Å². The molecule has 9 nitrogen and oxygen atoms in total. The van der Waals surface area contributed by atoms with Crippen LogP contribution in [-0.2, 0) is 6.54 Å². The van der Waals surface area contributed by atoms with Crippen LogP contribution in [0, 0.1) is 0 Å². The molecule has 1 atom stereocenters. The van der Waals surface area contributed by atoms with Crippen molar-refractivity contribution in [2.75, 3.05) is 11.4 Å². The molecule has 5 rings (SSSR count). The summed E-state index contributed by atoms with van der Waals surface area (Å²) in [6.07, 6.45) is 12.4. The predicted octanol–water partition coefficient (Wildman–Crippen LogP) is 1.95. The second-order valence-corrected chi connectivity index (χ2v) is 7.16. The third-order valence-corrected chi connectivity index (χ3v) is 5.23. The fourth-order valence-corrected chi connectivity index (χ4v) is 3.77. The number of rotatable bonds is 5. The molecule has 1 aliphatic heterocycles. The summed E-state index contributed by atoms with van der Waals surface area (Å²) in [5.74, 6) is 1.44. The highest BCUT2D eigenvalue weighted by molar-refractivity contribution is 5.56. The van der Waals surface area contributed by atoms with Crippen LogP contribution >= 0.6 is 0 Å². The van der Waals surface area contributed by atoms with Crippen molar-refractivity contribution in [1.82, 2.24) is 34.5 Å². The molecule has 150 valence electrons. The van der Waals surface area contributed by atoms with Crippen LogP contribution in [-0.4, -0.2) is 47.1 Å². The first kappa shape index (κ1) is 18.2. The van der Waals surface area contributed by atoms with Gasteiger partial charge in [-0.1, -0.05) is 0 Å². The Kier molecular flexibility index (Phi) is 4.76. The first-order chi connectivity index (χ1) is 14.8. The Morgan fingerprint density at radius 3 is 2.77 bits per heavy atom. The quantitative estimate of drug-likeness (QED) is 0.505. The molecule has 1 unspecified atom stereocenters. The maximum atomic E-state index is 12.5. The van der Waals surface area contributed by atoms with Crippen LogP contribution in [0.3, 0.4) is 0 Å². The van der Waals surface area contributed by atoms with E-state index in [0.29, 0.717) is 12.4 Å². The third kappa shape index (κ3) is 3.57.